The Labute approximate surface area is 152 Å². The third kappa shape index (κ3) is 4.07. The summed E-state index contributed by atoms with van der Waals surface area (Å²) in [4.78, 5) is 14.9. The van der Waals surface area contributed by atoms with E-state index in [4.69, 9.17) is 21.1 Å². The van der Waals surface area contributed by atoms with Crippen LogP contribution in [0.15, 0.2) is 47.8 Å². The van der Waals surface area contributed by atoms with E-state index in [1.807, 2.05) is 29.6 Å². The van der Waals surface area contributed by atoms with Crippen LogP contribution in [0.3, 0.4) is 0 Å². The monoisotopic (exact) mass is 376 g/mol. The molecule has 0 unspecified atom stereocenters. The van der Waals surface area contributed by atoms with Crippen LogP contribution < -0.4 is 9.47 Å². The Balaban J connectivity index is 1.75. The molecule has 1 aromatic heterocycles. The number of non-ortho nitro benzene ring substituents is 1. The van der Waals surface area contributed by atoms with Crippen molar-refractivity contribution in [2.75, 3.05) is 7.11 Å². The van der Waals surface area contributed by atoms with E-state index in [2.05, 4.69) is 4.98 Å². The molecule has 3 aromatic rings. The highest BCUT2D eigenvalue weighted by atomic mass is 35.5. The zero-order valence-corrected chi connectivity index (χ0v) is 14.7. The molecule has 0 atom stereocenters. The summed E-state index contributed by atoms with van der Waals surface area (Å²) < 4.78 is 10.8. The zero-order chi connectivity index (χ0) is 17.8. The smallest absolute Gasteiger partial charge is 0.273 e. The lowest BCUT2D eigenvalue weighted by Gasteiger charge is -2.09. The van der Waals surface area contributed by atoms with Crippen LogP contribution in [0.4, 0.5) is 5.69 Å². The van der Waals surface area contributed by atoms with Gasteiger partial charge < -0.3 is 9.47 Å². The Kier molecular flexibility index (Phi) is 5.16. The van der Waals surface area contributed by atoms with E-state index in [1.165, 1.54) is 36.6 Å². The van der Waals surface area contributed by atoms with Crippen LogP contribution in [0, 0.1) is 10.1 Å². The summed E-state index contributed by atoms with van der Waals surface area (Å²) in [5.74, 6) is 0.733. The first-order valence-electron chi connectivity index (χ1n) is 7.22. The second-order valence-electron chi connectivity index (χ2n) is 5.03. The molecule has 3 rings (SSSR count). The maximum atomic E-state index is 10.9. The van der Waals surface area contributed by atoms with Crippen LogP contribution in [0.1, 0.15) is 5.69 Å². The SMILES string of the molecule is COc1ccc([N+](=O)[O-])cc1OCc1csc(-c2ccc(Cl)cc2)n1. The minimum Gasteiger partial charge on any atom is -0.493 e. The van der Waals surface area contributed by atoms with Gasteiger partial charge in [-0.2, -0.15) is 0 Å². The van der Waals surface area contributed by atoms with Crippen molar-refractivity contribution in [1.29, 1.82) is 0 Å². The number of rotatable bonds is 6. The summed E-state index contributed by atoms with van der Waals surface area (Å²) in [6.45, 7) is 0.182. The molecular formula is C17H13ClN2O4S. The normalized spacial score (nSPS) is 10.5. The number of hydrogen-bond donors (Lipinski definition) is 0. The molecule has 0 saturated heterocycles. The zero-order valence-electron chi connectivity index (χ0n) is 13.1. The third-order valence-electron chi connectivity index (χ3n) is 3.38. The fourth-order valence-electron chi connectivity index (χ4n) is 2.14. The van der Waals surface area contributed by atoms with Gasteiger partial charge in [-0.05, 0) is 18.2 Å². The van der Waals surface area contributed by atoms with Gasteiger partial charge in [0.25, 0.3) is 5.69 Å². The van der Waals surface area contributed by atoms with Gasteiger partial charge >= 0.3 is 0 Å². The van der Waals surface area contributed by atoms with Crippen LogP contribution in [0.2, 0.25) is 5.02 Å². The summed E-state index contributed by atoms with van der Waals surface area (Å²) in [5.41, 5.74) is 1.63. The van der Waals surface area contributed by atoms with Gasteiger partial charge in [0.2, 0.25) is 0 Å². The average molecular weight is 377 g/mol. The van der Waals surface area contributed by atoms with Crippen molar-refractivity contribution in [3.63, 3.8) is 0 Å². The first kappa shape index (κ1) is 17.2. The van der Waals surface area contributed by atoms with Gasteiger partial charge in [0.1, 0.15) is 11.6 Å². The lowest BCUT2D eigenvalue weighted by atomic mass is 10.2. The summed E-state index contributed by atoms with van der Waals surface area (Å²) >= 11 is 7.38. The molecule has 8 heteroatoms. The molecule has 0 bridgehead atoms. The number of halogens is 1. The van der Waals surface area contributed by atoms with E-state index in [0.29, 0.717) is 16.5 Å². The molecule has 0 spiro atoms. The predicted octanol–water partition coefficient (Wildman–Crippen LogP) is 4.96. The van der Waals surface area contributed by atoms with Crippen molar-refractivity contribution in [3.05, 3.63) is 68.7 Å². The van der Waals surface area contributed by atoms with E-state index >= 15 is 0 Å². The summed E-state index contributed by atoms with van der Waals surface area (Å²) in [5, 5.41) is 14.3. The van der Waals surface area contributed by atoms with Crippen molar-refractivity contribution >= 4 is 28.6 Å². The standard InChI is InChI=1S/C17H13ClN2O4S/c1-23-15-7-6-14(20(21)22)8-16(15)24-9-13-10-25-17(19-13)11-2-4-12(18)5-3-11/h2-8,10H,9H2,1H3. The molecule has 0 aliphatic heterocycles. The molecule has 6 nitrogen and oxygen atoms in total. The summed E-state index contributed by atoms with van der Waals surface area (Å²) in [6, 6.07) is 11.6. The van der Waals surface area contributed by atoms with E-state index in [9.17, 15) is 10.1 Å². The van der Waals surface area contributed by atoms with Crippen molar-refractivity contribution in [2.45, 2.75) is 6.61 Å². The highest BCUT2D eigenvalue weighted by molar-refractivity contribution is 7.13. The second kappa shape index (κ2) is 7.50. The number of ether oxygens (including phenoxy) is 2. The Bertz CT molecular complexity index is 896. The molecule has 0 fully saturated rings. The van der Waals surface area contributed by atoms with Crippen LogP contribution in [-0.2, 0) is 6.61 Å². The van der Waals surface area contributed by atoms with Crippen molar-refractivity contribution in [1.82, 2.24) is 4.98 Å². The Morgan fingerprint density at radius 2 is 1.96 bits per heavy atom. The van der Waals surface area contributed by atoms with Crippen molar-refractivity contribution < 1.29 is 14.4 Å². The highest BCUT2D eigenvalue weighted by Gasteiger charge is 2.13. The van der Waals surface area contributed by atoms with Gasteiger partial charge in [0.05, 0.1) is 23.8 Å². The predicted molar refractivity (Wildman–Crippen MR) is 96.5 cm³/mol. The van der Waals surface area contributed by atoms with Crippen LogP contribution >= 0.6 is 22.9 Å². The van der Waals surface area contributed by atoms with E-state index < -0.39 is 4.92 Å². The number of nitro benzene ring substituents is 1. The molecule has 0 amide bonds. The number of thiazole rings is 1. The number of hydrogen-bond acceptors (Lipinski definition) is 6. The number of nitro groups is 1. The molecular weight excluding hydrogens is 364 g/mol. The molecule has 0 N–H and O–H groups in total. The van der Waals surface area contributed by atoms with Crippen LogP contribution in [-0.4, -0.2) is 17.0 Å². The van der Waals surface area contributed by atoms with E-state index in [1.54, 1.807) is 0 Å². The average Bonchev–Trinajstić information content (AvgIpc) is 3.09. The van der Waals surface area contributed by atoms with Gasteiger partial charge in [-0.25, -0.2) is 4.98 Å². The fourth-order valence-corrected chi connectivity index (χ4v) is 3.08. The van der Waals surface area contributed by atoms with Crippen LogP contribution in [0.25, 0.3) is 10.6 Å². The molecule has 128 valence electrons. The minimum absolute atomic E-state index is 0.0593. The Morgan fingerprint density at radius 3 is 2.64 bits per heavy atom. The third-order valence-corrected chi connectivity index (χ3v) is 4.57. The van der Waals surface area contributed by atoms with Gasteiger partial charge in [0.15, 0.2) is 11.5 Å². The first-order valence-corrected chi connectivity index (χ1v) is 8.48. The molecule has 0 radical (unpaired) electrons. The quantitative estimate of drug-likeness (QED) is 0.449. The summed E-state index contributed by atoms with van der Waals surface area (Å²) in [7, 11) is 1.48. The lowest BCUT2D eigenvalue weighted by Crippen LogP contribution is -1.99. The molecule has 2 aromatic carbocycles. The maximum Gasteiger partial charge on any atom is 0.273 e. The molecule has 0 aliphatic carbocycles. The van der Waals surface area contributed by atoms with E-state index in [0.717, 1.165) is 16.3 Å². The van der Waals surface area contributed by atoms with Crippen molar-refractivity contribution in [2.24, 2.45) is 0 Å². The number of aromatic nitrogens is 1. The lowest BCUT2D eigenvalue weighted by molar-refractivity contribution is -0.385. The minimum atomic E-state index is -0.478. The van der Waals surface area contributed by atoms with Crippen LogP contribution in [0.5, 0.6) is 11.5 Å². The van der Waals surface area contributed by atoms with Gasteiger partial charge in [0, 0.05) is 22.0 Å². The van der Waals surface area contributed by atoms with Gasteiger partial charge in [-0.15, -0.1) is 11.3 Å². The molecule has 0 saturated carbocycles. The summed E-state index contributed by atoms with van der Waals surface area (Å²) in [6.07, 6.45) is 0. The Hall–Kier alpha value is -2.64. The first-order chi connectivity index (χ1) is 12.1. The number of benzene rings is 2. The topological polar surface area (TPSA) is 74.5 Å². The molecule has 1 heterocycles. The number of methoxy groups -OCH3 is 1. The van der Waals surface area contributed by atoms with Crippen molar-refractivity contribution in [3.8, 4) is 22.1 Å². The van der Waals surface area contributed by atoms with Gasteiger partial charge in [-0.3, -0.25) is 10.1 Å². The highest BCUT2D eigenvalue weighted by Crippen LogP contribution is 2.32. The molecule has 25 heavy (non-hydrogen) atoms. The molecule has 0 aliphatic rings. The second-order valence-corrected chi connectivity index (χ2v) is 6.33. The largest absolute Gasteiger partial charge is 0.493 e. The Morgan fingerprint density at radius 1 is 1.20 bits per heavy atom. The fraction of sp³-hybridized carbons (Fsp3) is 0.118. The number of nitrogens with zero attached hydrogens (tertiary/aromatic N) is 2. The van der Waals surface area contributed by atoms with Gasteiger partial charge in [-0.1, -0.05) is 23.7 Å². The van der Waals surface area contributed by atoms with E-state index in [-0.39, 0.29) is 12.3 Å². The maximum absolute atomic E-state index is 10.9.